The Morgan fingerprint density at radius 3 is 2.30 bits per heavy atom. The number of halogens is 2. The van der Waals surface area contributed by atoms with E-state index in [1.807, 2.05) is 0 Å². The molecule has 0 radical (unpaired) electrons. The molecule has 0 aliphatic heterocycles. The van der Waals surface area contributed by atoms with Crippen LogP contribution < -0.4 is 16.2 Å². The van der Waals surface area contributed by atoms with E-state index in [4.69, 9.17) is 23.8 Å². The number of thiocarbonyl (C=S) groups is 1. The van der Waals surface area contributed by atoms with E-state index in [9.17, 15) is 14.0 Å². The zero-order valence-electron chi connectivity index (χ0n) is 11.6. The molecule has 2 rings (SSSR count). The van der Waals surface area contributed by atoms with Crippen LogP contribution >= 0.6 is 23.8 Å². The highest BCUT2D eigenvalue weighted by Crippen LogP contribution is 2.10. The van der Waals surface area contributed by atoms with Crippen molar-refractivity contribution in [2.75, 3.05) is 0 Å². The largest absolute Gasteiger partial charge is 0.298 e. The van der Waals surface area contributed by atoms with Crippen molar-refractivity contribution in [2.45, 2.75) is 0 Å². The standard InChI is InChI=1S/C15H11ClFN3O2S/c16-11-3-1-2-10(8-11)14(22)19-20-15(23)18-13(21)9-4-6-12(17)7-5-9/h1-8H,(H,19,22)(H2,18,20,21,23). The molecule has 0 aliphatic rings. The summed E-state index contributed by atoms with van der Waals surface area (Å²) in [6.45, 7) is 0. The first-order valence-corrected chi connectivity index (χ1v) is 7.17. The molecule has 2 aromatic rings. The van der Waals surface area contributed by atoms with Crippen LogP contribution in [-0.4, -0.2) is 16.9 Å². The van der Waals surface area contributed by atoms with Crippen LogP contribution in [0.3, 0.4) is 0 Å². The maximum Gasteiger partial charge on any atom is 0.269 e. The minimum absolute atomic E-state index is 0.102. The van der Waals surface area contributed by atoms with E-state index in [1.54, 1.807) is 18.2 Å². The molecule has 8 heteroatoms. The lowest BCUT2D eigenvalue weighted by Crippen LogP contribution is -2.48. The highest BCUT2D eigenvalue weighted by molar-refractivity contribution is 7.80. The Balaban J connectivity index is 1.86. The van der Waals surface area contributed by atoms with Crippen LogP contribution in [0.2, 0.25) is 5.02 Å². The molecule has 5 nitrogen and oxygen atoms in total. The van der Waals surface area contributed by atoms with Crippen LogP contribution in [0.15, 0.2) is 48.5 Å². The molecule has 0 unspecified atom stereocenters. The fourth-order valence-electron chi connectivity index (χ4n) is 1.62. The summed E-state index contributed by atoms with van der Waals surface area (Å²) in [6.07, 6.45) is 0. The normalized spacial score (nSPS) is 9.83. The third-order valence-corrected chi connectivity index (χ3v) is 3.15. The van der Waals surface area contributed by atoms with Gasteiger partial charge in [-0.2, -0.15) is 0 Å². The van der Waals surface area contributed by atoms with Crippen molar-refractivity contribution in [2.24, 2.45) is 0 Å². The predicted octanol–water partition coefficient (Wildman–Crippen LogP) is 2.43. The van der Waals surface area contributed by atoms with Crippen LogP contribution in [0.4, 0.5) is 4.39 Å². The summed E-state index contributed by atoms with van der Waals surface area (Å²) in [5.41, 5.74) is 5.29. The lowest BCUT2D eigenvalue weighted by atomic mass is 10.2. The quantitative estimate of drug-likeness (QED) is 0.574. The van der Waals surface area contributed by atoms with Crippen molar-refractivity contribution in [1.29, 1.82) is 0 Å². The Bertz CT molecular complexity index is 753. The van der Waals surface area contributed by atoms with Crippen molar-refractivity contribution in [3.05, 3.63) is 70.5 Å². The molecule has 0 heterocycles. The van der Waals surface area contributed by atoms with Crippen LogP contribution in [0.1, 0.15) is 20.7 Å². The summed E-state index contributed by atoms with van der Waals surface area (Å²) in [6, 6.07) is 11.3. The summed E-state index contributed by atoms with van der Waals surface area (Å²) < 4.78 is 12.8. The second-order valence-corrected chi connectivity index (χ2v) is 5.22. The molecular weight excluding hydrogens is 341 g/mol. The van der Waals surface area contributed by atoms with E-state index in [-0.39, 0.29) is 10.7 Å². The third kappa shape index (κ3) is 5.01. The number of hydrazine groups is 1. The monoisotopic (exact) mass is 351 g/mol. The summed E-state index contributed by atoms with van der Waals surface area (Å²) in [5.74, 6) is -1.44. The molecule has 0 bridgehead atoms. The van der Waals surface area contributed by atoms with Crippen molar-refractivity contribution >= 4 is 40.7 Å². The first-order chi connectivity index (χ1) is 11.0. The Labute approximate surface area is 141 Å². The van der Waals surface area contributed by atoms with Crippen LogP contribution in [0.25, 0.3) is 0 Å². The number of hydrogen-bond donors (Lipinski definition) is 3. The summed E-state index contributed by atoms with van der Waals surface area (Å²) in [5, 5.41) is 2.67. The maximum atomic E-state index is 12.8. The second-order valence-electron chi connectivity index (χ2n) is 4.38. The van der Waals surface area contributed by atoms with E-state index in [1.165, 1.54) is 18.2 Å². The van der Waals surface area contributed by atoms with Gasteiger partial charge in [0.15, 0.2) is 5.11 Å². The van der Waals surface area contributed by atoms with Gasteiger partial charge in [-0.15, -0.1) is 0 Å². The molecule has 0 saturated heterocycles. The first-order valence-electron chi connectivity index (χ1n) is 6.38. The molecule has 0 spiro atoms. The van der Waals surface area contributed by atoms with Gasteiger partial charge in [0, 0.05) is 16.1 Å². The Morgan fingerprint density at radius 1 is 0.957 bits per heavy atom. The van der Waals surface area contributed by atoms with Gasteiger partial charge in [-0.25, -0.2) is 4.39 Å². The van der Waals surface area contributed by atoms with E-state index in [0.717, 1.165) is 12.1 Å². The van der Waals surface area contributed by atoms with Gasteiger partial charge in [0.2, 0.25) is 0 Å². The van der Waals surface area contributed by atoms with Crippen molar-refractivity contribution in [1.82, 2.24) is 16.2 Å². The number of carbonyl (C=O) groups excluding carboxylic acids is 2. The van der Waals surface area contributed by atoms with Crippen LogP contribution in [0, 0.1) is 5.82 Å². The molecule has 0 fully saturated rings. The van der Waals surface area contributed by atoms with Crippen molar-refractivity contribution < 1.29 is 14.0 Å². The van der Waals surface area contributed by atoms with Gasteiger partial charge in [-0.3, -0.25) is 25.8 Å². The lowest BCUT2D eigenvalue weighted by Gasteiger charge is -2.11. The molecule has 0 aliphatic carbocycles. The Kier molecular flexibility index (Phi) is 5.61. The summed E-state index contributed by atoms with van der Waals surface area (Å²) >= 11 is 10.7. The highest BCUT2D eigenvalue weighted by Gasteiger charge is 2.09. The molecule has 118 valence electrons. The highest BCUT2D eigenvalue weighted by atomic mass is 35.5. The topological polar surface area (TPSA) is 70.2 Å². The van der Waals surface area contributed by atoms with Gasteiger partial charge in [-0.1, -0.05) is 17.7 Å². The molecule has 0 saturated carbocycles. The predicted molar refractivity (Wildman–Crippen MR) is 88.5 cm³/mol. The molecule has 0 atom stereocenters. The SMILES string of the molecule is O=C(NNC(=S)NC(=O)c1ccc(F)cc1)c1cccc(Cl)c1. The smallest absolute Gasteiger partial charge is 0.269 e. The van der Waals surface area contributed by atoms with E-state index in [0.29, 0.717) is 10.6 Å². The van der Waals surface area contributed by atoms with Crippen LogP contribution in [0.5, 0.6) is 0 Å². The molecule has 2 aromatic carbocycles. The van der Waals surface area contributed by atoms with Gasteiger partial charge < -0.3 is 0 Å². The Hall–Kier alpha value is -2.51. The van der Waals surface area contributed by atoms with Crippen molar-refractivity contribution in [3.63, 3.8) is 0 Å². The minimum Gasteiger partial charge on any atom is -0.298 e. The second kappa shape index (κ2) is 7.66. The molecule has 0 aromatic heterocycles. The van der Waals surface area contributed by atoms with E-state index < -0.39 is 17.6 Å². The average molecular weight is 352 g/mol. The fraction of sp³-hybridized carbons (Fsp3) is 0. The zero-order chi connectivity index (χ0) is 16.8. The molecular formula is C15H11ClFN3O2S. The van der Waals surface area contributed by atoms with Gasteiger partial charge >= 0.3 is 0 Å². The zero-order valence-corrected chi connectivity index (χ0v) is 13.2. The van der Waals surface area contributed by atoms with E-state index in [2.05, 4.69) is 16.2 Å². The van der Waals surface area contributed by atoms with Crippen molar-refractivity contribution in [3.8, 4) is 0 Å². The number of amides is 2. The maximum absolute atomic E-state index is 12.8. The number of rotatable bonds is 2. The average Bonchev–Trinajstić information content (AvgIpc) is 2.53. The summed E-state index contributed by atoms with van der Waals surface area (Å²) in [4.78, 5) is 23.7. The number of carbonyl (C=O) groups is 2. The summed E-state index contributed by atoms with van der Waals surface area (Å²) in [7, 11) is 0. The number of hydrogen-bond acceptors (Lipinski definition) is 3. The molecule has 23 heavy (non-hydrogen) atoms. The number of benzene rings is 2. The van der Waals surface area contributed by atoms with Gasteiger partial charge in [0.05, 0.1) is 0 Å². The third-order valence-electron chi connectivity index (χ3n) is 2.71. The van der Waals surface area contributed by atoms with Gasteiger partial charge in [0.1, 0.15) is 5.82 Å². The first kappa shape index (κ1) is 16.9. The van der Waals surface area contributed by atoms with Gasteiger partial charge in [0.25, 0.3) is 11.8 Å². The fourth-order valence-corrected chi connectivity index (χ4v) is 1.96. The number of nitrogens with one attached hydrogen (secondary N) is 3. The lowest BCUT2D eigenvalue weighted by molar-refractivity contribution is 0.0934. The van der Waals surface area contributed by atoms with E-state index >= 15 is 0 Å². The van der Waals surface area contributed by atoms with Crippen LogP contribution in [-0.2, 0) is 0 Å². The van der Waals surface area contributed by atoms with Gasteiger partial charge in [-0.05, 0) is 54.7 Å². The Morgan fingerprint density at radius 2 is 1.65 bits per heavy atom. The minimum atomic E-state index is -0.528. The molecule has 2 amide bonds. The molecule has 3 N–H and O–H groups in total.